The summed E-state index contributed by atoms with van der Waals surface area (Å²) in [6.07, 6.45) is 4.65. The molecule has 1 rings (SSSR count). The Bertz CT molecular complexity index is 634. The van der Waals surface area contributed by atoms with Crippen LogP contribution in [0.1, 0.15) is 52.9 Å². The van der Waals surface area contributed by atoms with E-state index in [1.165, 1.54) is 11.8 Å². The van der Waals surface area contributed by atoms with E-state index in [9.17, 15) is 14.4 Å². The van der Waals surface area contributed by atoms with Gasteiger partial charge in [-0.05, 0) is 42.6 Å². The number of amides is 2. The van der Waals surface area contributed by atoms with Gasteiger partial charge < -0.3 is 24.5 Å². The van der Waals surface area contributed by atoms with Crippen molar-refractivity contribution in [3.05, 3.63) is 12.7 Å². The summed E-state index contributed by atoms with van der Waals surface area (Å²) in [6.45, 7) is 10.8. The van der Waals surface area contributed by atoms with E-state index in [0.717, 1.165) is 43.6 Å². The molecule has 184 valence electrons. The minimum Gasteiger partial charge on any atom is -0.462 e. The normalized spacial score (nSPS) is 22.3. The minimum absolute atomic E-state index is 0.00904. The van der Waals surface area contributed by atoms with Crippen molar-refractivity contribution in [1.82, 2.24) is 10.6 Å². The maximum Gasteiger partial charge on any atom is 0.407 e. The van der Waals surface area contributed by atoms with Crippen LogP contribution >= 0.6 is 11.8 Å². The lowest BCUT2D eigenvalue weighted by atomic mass is 9.62. The van der Waals surface area contributed by atoms with E-state index in [1.54, 1.807) is 7.11 Å². The average molecular weight is 489 g/mol. The number of hydrogen-bond donors (Lipinski definition) is 2. The van der Waals surface area contributed by atoms with E-state index in [-0.39, 0.29) is 35.3 Å². The first-order valence-corrected chi connectivity index (χ1v) is 13.8. The lowest BCUT2D eigenvalue weighted by Gasteiger charge is -2.46. The molecule has 2 amide bonds. The third kappa shape index (κ3) is 12.5. The molecule has 0 aromatic carbocycles. The molecule has 0 saturated heterocycles. The first-order valence-electron chi connectivity index (χ1n) is 11.2. The number of hydrogen-bond acceptors (Lipinski definition) is 7. The second-order valence-corrected chi connectivity index (χ2v) is 12.2. The van der Waals surface area contributed by atoms with Crippen LogP contribution in [0, 0.1) is 10.8 Å². The summed E-state index contributed by atoms with van der Waals surface area (Å²) in [5, 5.41) is 6.05. The van der Waals surface area contributed by atoms with Gasteiger partial charge in [-0.2, -0.15) is 0 Å². The first-order chi connectivity index (χ1) is 15.1. The van der Waals surface area contributed by atoms with Gasteiger partial charge in [0.2, 0.25) is 0 Å². The zero-order valence-electron chi connectivity index (χ0n) is 20.0. The van der Waals surface area contributed by atoms with Crippen LogP contribution in [0.15, 0.2) is 12.7 Å². The molecule has 10 heteroatoms. The van der Waals surface area contributed by atoms with Crippen LogP contribution in [0.25, 0.3) is 0 Å². The van der Waals surface area contributed by atoms with Crippen LogP contribution in [-0.2, 0) is 18.7 Å². The summed E-state index contributed by atoms with van der Waals surface area (Å²) in [5.74, 6) is 0.323. The molecule has 0 bridgehead atoms. The fourth-order valence-corrected chi connectivity index (χ4v) is 6.20. The van der Waals surface area contributed by atoms with Crippen LogP contribution in [0.5, 0.6) is 0 Å². The van der Waals surface area contributed by atoms with Gasteiger partial charge in [0.25, 0.3) is 5.24 Å². The molecule has 0 spiro atoms. The number of ether oxygens (including phenoxy) is 2. The third-order valence-corrected chi connectivity index (χ3v) is 7.43. The van der Waals surface area contributed by atoms with E-state index >= 15 is 0 Å². The average Bonchev–Trinajstić information content (AvgIpc) is 2.70. The molecular formula is C22H40N2O6SSi. The largest absolute Gasteiger partial charge is 0.462 e. The van der Waals surface area contributed by atoms with E-state index < -0.39 is 21.8 Å². The molecule has 1 aliphatic rings. The van der Waals surface area contributed by atoms with Gasteiger partial charge in [0.15, 0.2) is 9.76 Å². The number of nitrogens with one attached hydrogen (secondary N) is 2. The summed E-state index contributed by atoms with van der Waals surface area (Å²) in [7, 11) is 1.33. The van der Waals surface area contributed by atoms with E-state index in [1.807, 2.05) is 0 Å². The number of thioether (sulfide) groups is 1. The number of alkyl carbamates (subject to hydrolysis) is 1. The molecule has 32 heavy (non-hydrogen) atoms. The molecule has 0 aromatic rings. The van der Waals surface area contributed by atoms with Crippen molar-refractivity contribution in [3.8, 4) is 0 Å². The standard InChI is InChI=1S/C22H40N2O6SSi/c1-6-18(25)29-9-7-10-30-19(26)24-17-13-21(2,3)15-22(4,14-17)16-23-20(27)31-11-8-12-32-28-5/h6,17H,1,7-16,32H2,2-5H3,(H,23,27)(H,24,26). The number of carbonyl (C=O) groups is 3. The van der Waals surface area contributed by atoms with Crippen LogP contribution in [0.2, 0.25) is 6.04 Å². The highest BCUT2D eigenvalue weighted by Gasteiger charge is 2.42. The molecule has 1 saturated carbocycles. The Morgan fingerprint density at radius 3 is 2.56 bits per heavy atom. The van der Waals surface area contributed by atoms with Gasteiger partial charge in [0.05, 0.1) is 13.2 Å². The number of rotatable bonds is 13. The van der Waals surface area contributed by atoms with Crippen molar-refractivity contribution < 1.29 is 28.3 Å². The highest BCUT2D eigenvalue weighted by atomic mass is 32.2. The maximum atomic E-state index is 12.2. The molecule has 0 aliphatic heterocycles. The maximum absolute atomic E-state index is 12.2. The quantitative estimate of drug-likeness (QED) is 0.177. The Balaban J connectivity index is 2.41. The van der Waals surface area contributed by atoms with Gasteiger partial charge in [-0.25, -0.2) is 9.59 Å². The molecule has 2 N–H and O–H groups in total. The second-order valence-electron chi connectivity index (χ2n) is 9.45. The Kier molecular flexibility index (Phi) is 13.0. The van der Waals surface area contributed by atoms with Crippen LogP contribution < -0.4 is 10.6 Å². The highest BCUT2D eigenvalue weighted by Crippen LogP contribution is 2.45. The summed E-state index contributed by atoms with van der Waals surface area (Å²) >= 11 is 1.33. The third-order valence-electron chi connectivity index (χ3n) is 5.33. The van der Waals surface area contributed by atoms with Crippen LogP contribution in [0.3, 0.4) is 0 Å². The molecule has 1 aliphatic carbocycles. The predicted molar refractivity (Wildman–Crippen MR) is 131 cm³/mol. The van der Waals surface area contributed by atoms with Gasteiger partial charge in [-0.15, -0.1) is 0 Å². The molecule has 2 unspecified atom stereocenters. The second kappa shape index (κ2) is 14.6. The number of carbonyl (C=O) groups excluding carboxylic acids is 3. The summed E-state index contributed by atoms with van der Waals surface area (Å²) < 4.78 is 15.2. The summed E-state index contributed by atoms with van der Waals surface area (Å²) in [5.41, 5.74) is -0.0791. The van der Waals surface area contributed by atoms with E-state index in [2.05, 4.69) is 38.0 Å². The summed E-state index contributed by atoms with van der Waals surface area (Å²) in [4.78, 5) is 35.4. The zero-order valence-corrected chi connectivity index (χ0v) is 22.2. The SMILES string of the molecule is C=CC(=O)OCCCOC(=O)NC1CC(C)(C)CC(C)(CNC(=O)SCCC[SiH2]OC)C1. The van der Waals surface area contributed by atoms with Crippen molar-refractivity contribution in [2.24, 2.45) is 10.8 Å². The van der Waals surface area contributed by atoms with E-state index in [0.29, 0.717) is 13.0 Å². The van der Waals surface area contributed by atoms with Gasteiger partial charge in [0, 0.05) is 37.9 Å². The van der Waals surface area contributed by atoms with Crippen molar-refractivity contribution in [3.63, 3.8) is 0 Å². The monoisotopic (exact) mass is 488 g/mol. The fraction of sp³-hybridized carbons (Fsp3) is 0.773. The Morgan fingerprint density at radius 2 is 1.88 bits per heavy atom. The van der Waals surface area contributed by atoms with Gasteiger partial charge in [-0.1, -0.05) is 39.1 Å². The molecule has 1 fully saturated rings. The van der Waals surface area contributed by atoms with Gasteiger partial charge >= 0.3 is 12.1 Å². The smallest absolute Gasteiger partial charge is 0.407 e. The van der Waals surface area contributed by atoms with Gasteiger partial charge in [-0.3, -0.25) is 4.79 Å². The van der Waals surface area contributed by atoms with Crippen molar-refractivity contribution in [2.45, 2.75) is 65.0 Å². The molecule has 2 atom stereocenters. The Labute approximate surface area is 198 Å². The molecule has 0 radical (unpaired) electrons. The molecular weight excluding hydrogens is 448 g/mol. The molecule has 0 aromatic heterocycles. The topological polar surface area (TPSA) is 103 Å². The predicted octanol–water partition coefficient (Wildman–Crippen LogP) is 3.40. The van der Waals surface area contributed by atoms with E-state index in [4.69, 9.17) is 13.9 Å². The van der Waals surface area contributed by atoms with Crippen molar-refractivity contribution >= 4 is 38.8 Å². The lowest BCUT2D eigenvalue weighted by molar-refractivity contribution is -0.137. The number of esters is 1. The fourth-order valence-electron chi connectivity index (χ4n) is 4.38. The molecule has 8 nitrogen and oxygen atoms in total. The van der Waals surface area contributed by atoms with Crippen LogP contribution in [-0.4, -0.2) is 65.7 Å². The summed E-state index contributed by atoms with van der Waals surface area (Å²) in [6, 6.07) is 1.06. The highest BCUT2D eigenvalue weighted by molar-refractivity contribution is 8.13. The first kappa shape index (κ1) is 28.5. The minimum atomic E-state index is -0.489. The van der Waals surface area contributed by atoms with Crippen molar-refractivity contribution in [1.29, 1.82) is 0 Å². The lowest BCUT2D eigenvalue weighted by Crippen LogP contribution is -2.50. The van der Waals surface area contributed by atoms with Crippen LogP contribution in [0.4, 0.5) is 9.59 Å². The Hall–Kier alpha value is -1.52. The van der Waals surface area contributed by atoms with Crippen molar-refractivity contribution in [2.75, 3.05) is 32.6 Å². The van der Waals surface area contributed by atoms with Gasteiger partial charge in [0.1, 0.15) is 0 Å². The Morgan fingerprint density at radius 1 is 1.16 bits per heavy atom. The molecule has 0 heterocycles. The zero-order chi connectivity index (χ0) is 24.0.